The average Bonchev–Trinajstić information content (AvgIpc) is 2.93. The van der Waals surface area contributed by atoms with Crippen LogP contribution in [0.3, 0.4) is 0 Å². The molecule has 0 unspecified atom stereocenters. The van der Waals surface area contributed by atoms with Gasteiger partial charge in [0.05, 0.1) is 5.52 Å². The van der Waals surface area contributed by atoms with Gasteiger partial charge in [0.15, 0.2) is 5.78 Å². The van der Waals surface area contributed by atoms with Gasteiger partial charge in [0.1, 0.15) is 0 Å². The number of fused-ring (bicyclic) bond motifs is 6. The van der Waals surface area contributed by atoms with Crippen LogP contribution in [-0.4, -0.2) is 10.8 Å². The van der Waals surface area contributed by atoms with Crippen LogP contribution in [-0.2, 0) is 0 Å². The molecule has 96 valence electrons. The summed E-state index contributed by atoms with van der Waals surface area (Å²) in [6.45, 7) is 1.62. The molecule has 0 saturated carbocycles. The van der Waals surface area contributed by atoms with E-state index in [0.717, 1.165) is 27.2 Å². The highest BCUT2D eigenvalue weighted by Gasteiger charge is 2.14. The lowest BCUT2D eigenvalue weighted by Crippen LogP contribution is -1.90. The van der Waals surface area contributed by atoms with Crippen molar-refractivity contribution < 1.29 is 4.79 Å². The third kappa shape index (κ3) is 1.36. The van der Waals surface area contributed by atoms with Gasteiger partial charge in [-0.2, -0.15) is 0 Å². The molecule has 0 fully saturated rings. The van der Waals surface area contributed by atoms with Gasteiger partial charge in [0.2, 0.25) is 0 Å². The van der Waals surface area contributed by atoms with Crippen LogP contribution in [0, 0.1) is 0 Å². The first kappa shape index (κ1) is 11.2. The monoisotopic (exact) mass is 259 g/mol. The van der Waals surface area contributed by atoms with Crippen LogP contribution in [0.4, 0.5) is 0 Å². The van der Waals surface area contributed by atoms with Crippen molar-refractivity contribution in [1.82, 2.24) is 4.98 Å². The molecule has 20 heavy (non-hydrogen) atoms. The first-order chi connectivity index (χ1) is 9.77. The molecule has 0 aliphatic rings. The van der Waals surface area contributed by atoms with E-state index in [2.05, 4.69) is 35.3 Å². The number of carbonyl (C=O) groups is 1. The van der Waals surface area contributed by atoms with E-state index in [1.54, 1.807) is 6.92 Å². The number of aromatic amines is 1. The number of hydrogen-bond donors (Lipinski definition) is 1. The summed E-state index contributed by atoms with van der Waals surface area (Å²) >= 11 is 0. The lowest BCUT2D eigenvalue weighted by Gasteiger charge is -2.07. The second kappa shape index (κ2) is 3.94. The van der Waals surface area contributed by atoms with Crippen LogP contribution in [0.2, 0.25) is 0 Å². The molecule has 0 spiro atoms. The normalized spacial score (nSPS) is 11.4. The van der Waals surface area contributed by atoms with Crippen LogP contribution in [0.1, 0.15) is 17.3 Å². The maximum Gasteiger partial charge on any atom is 0.161 e. The summed E-state index contributed by atoms with van der Waals surface area (Å²) in [4.78, 5) is 15.2. The molecular weight excluding hydrogens is 246 g/mol. The van der Waals surface area contributed by atoms with E-state index in [1.807, 2.05) is 24.4 Å². The molecule has 0 radical (unpaired) electrons. The van der Waals surface area contributed by atoms with Crippen LogP contribution in [0.15, 0.2) is 54.7 Å². The fraction of sp³-hybridized carbons (Fsp3) is 0.0556. The van der Waals surface area contributed by atoms with E-state index in [0.29, 0.717) is 0 Å². The standard InChI is InChI=1S/C18H13NO/c1-11(20)16-10-19-18-15-9-5-3-7-13(15)12-6-2-4-8-14(12)17(16)18/h2-10,19H,1H3. The van der Waals surface area contributed by atoms with E-state index >= 15 is 0 Å². The minimum atomic E-state index is 0.0942. The average molecular weight is 259 g/mol. The summed E-state index contributed by atoms with van der Waals surface area (Å²) < 4.78 is 0. The quantitative estimate of drug-likeness (QED) is 0.391. The molecule has 0 saturated heterocycles. The van der Waals surface area contributed by atoms with Gasteiger partial charge in [0, 0.05) is 22.5 Å². The summed E-state index contributed by atoms with van der Waals surface area (Å²) in [6, 6.07) is 16.6. The van der Waals surface area contributed by atoms with Gasteiger partial charge in [-0.3, -0.25) is 4.79 Å². The van der Waals surface area contributed by atoms with Crippen molar-refractivity contribution in [3.63, 3.8) is 0 Å². The third-order valence-corrected chi connectivity index (χ3v) is 3.94. The van der Waals surface area contributed by atoms with Gasteiger partial charge in [-0.15, -0.1) is 0 Å². The van der Waals surface area contributed by atoms with Crippen molar-refractivity contribution in [2.75, 3.05) is 0 Å². The van der Waals surface area contributed by atoms with Crippen LogP contribution >= 0.6 is 0 Å². The molecule has 0 amide bonds. The number of nitrogens with one attached hydrogen (secondary N) is 1. The fourth-order valence-electron chi connectivity index (χ4n) is 3.07. The molecule has 2 heteroatoms. The van der Waals surface area contributed by atoms with Gasteiger partial charge in [-0.05, 0) is 23.1 Å². The zero-order chi connectivity index (χ0) is 13.7. The lowest BCUT2D eigenvalue weighted by atomic mass is 9.96. The fourth-order valence-corrected chi connectivity index (χ4v) is 3.07. The van der Waals surface area contributed by atoms with Crippen molar-refractivity contribution in [2.45, 2.75) is 6.92 Å². The SMILES string of the molecule is CC(=O)c1c[nH]c2c3ccccc3c3ccccc3c12. The van der Waals surface area contributed by atoms with Crippen LogP contribution in [0.25, 0.3) is 32.4 Å². The Morgan fingerprint density at radius 3 is 2.05 bits per heavy atom. The Kier molecular flexibility index (Phi) is 2.21. The summed E-state index contributed by atoms with van der Waals surface area (Å²) in [6.07, 6.45) is 1.83. The minimum Gasteiger partial charge on any atom is -0.360 e. The first-order valence-corrected chi connectivity index (χ1v) is 6.69. The number of aromatic nitrogens is 1. The number of hydrogen-bond acceptors (Lipinski definition) is 1. The molecule has 2 nitrogen and oxygen atoms in total. The first-order valence-electron chi connectivity index (χ1n) is 6.69. The highest BCUT2D eigenvalue weighted by molar-refractivity contribution is 6.28. The molecule has 1 N–H and O–H groups in total. The maximum absolute atomic E-state index is 11.9. The van der Waals surface area contributed by atoms with E-state index in [1.165, 1.54) is 10.8 Å². The zero-order valence-corrected chi connectivity index (χ0v) is 11.1. The van der Waals surface area contributed by atoms with Crippen molar-refractivity contribution in [2.24, 2.45) is 0 Å². The van der Waals surface area contributed by atoms with Crippen molar-refractivity contribution in [3.8, 4) is 0 Å². The van der Waals surface area contributed by atoms with Crippen LogP contribution in [0.5, 0.6) is 0 Å². The smallest absolute Gasteiger partial charge is 0.161 e. The number of rotatable bonds is 1. The van der Waals surface area contributed by atoms with Gasteiger partial charge in [0.25, 0.3) is 0 Å². The molecule has 0 aliphatic carbocycles. The highest BCUT2D eigenvalue weighted by atomic mass is 16.1. The van der Waals surface area contributed by atoms with Crippen molar-refractivity contribution in [3.05, 3.63) is 60.3 Å². The van der Waals surface area contributed by atoms with E-state index in [4.69, 9.17) is 0 Å². The second-order valence-corrected chi connectivity index (χ2v) is 5.10. The Bertz CT molecular complexity index is 979. The van der Waals surface area contributed by atoms with E-state index in [-0.39, 0.29) is 5.78 Å². The predicted molar refractivity (Wildman–Crippen MR) is 83.3 cm³/mol. The molecule has 3 aromatic carbocycles. The Balaban J connectivity index is 2.41. The molecule has 4 rings (SSSR count). The largest absolute Gasteiger partial charge is 0.360 e. The molecule has 1 aromatic heterocycles. The summed E-state index contributed by atoms with van der Waals surface area (Å²) in [5.74, 6) is 0.0942. The molecule has 4 aromatic rings. The maximum atomic E-state index is 11.9. The summed E-state index contributed by atoms with van der Waals surface area (Å²) in [7, 11) is 0. The molecule has 0 bridgehead atoms. The highest BCUT2D eigenvalue weighted by Crippen LogP contribution is 2.36. The summed E-state index contributed by atoms with van der Waals surface area (Å²) in [5, 5.41) is 5.73. The van der Waals surface area contributed by atoms with Crippen molar-refractivity contribution in [1.29, 1.82) is 0 Å². The molecule has 0 atom stereocenters. The Morgan fingerprint density at radius 2 is 1.40 bits per heavy atom. The Morgan fingerprint density at radius 1 is 0.850 bits per heavy atom. The third-order valence-electron chi connectivity index (χ3n) is 3.94. The second-order valence-electron chi connectivity index (χ2n) is 5.10. The number of carbonyl (C=O) groups excluding carboxylic acids is 1. The Hall–Kier alpha value is -2.61. The zero-order valence-electron chi connectivity index (χ0n) is 11.1. The van der Waals surface area contributed by atoms with Gasteiger partial charge < -0.3 is 4.98 Å². The molecule has 1 heterocycles. The van der Waals surface area contributed by atoms with Crippen LogP contribution < -0.4 is 0 Å². The van der Waals surface area contributed by atoms with Gasteiger partial charge in [-0.25, -0.2) is 0 Å². The van der Waals surface area contributed by atoms with E-state index < -0.39 is 0 Å². The van der Waals surface area contributed by atoms with E-state index in [9.17, 15) is 4.79 Å². The topological polar surface area (TPSA) is 32.9 Å². The molecule has 0 aliphatic heterocycles. The number of Topliss-reactive ketones (excluding diaryl/α,β-unsaturated/α-hetero) is 1. The number of ketones is 1. The number of benzene rings is 3. The lowest BCUT2D eigenvalue weighted by molar-refractivity contribution is 0.101. The van der Waals surface area contributed by atoms with Gasteiger partial charge >= 0.3 is 0 Å². The number of H-pyrrole nitrogens is 1. The Labute approximate surface area is 116 Å². The predicted octanol–water partition coefficient (Wildman–Crippen LogP) is 4.68. The van der Waals surface area contributed by atoms with Crippen molar-refractivity contribution >= 4 is 38.2 Å². The molecular formula is C18H13NO. The van der Waals surface area contributed by atoms with Gasteiger partial charge in [-0.1, -0.05) is 48.5 Å². The minimum absolute atomic E-state index is 0.0942. The summed E-state index contributed by atoms with van der Waals surface area (Å²) in [5.41, 5.74) is 1.81.